The van der Waals surface area contributed by atoms with Crippen LogP contribution in [0.4, 0.5) is 0 Å². The van der Waals surface area contributed by atoms with E-state index in [1.54, 1.807) is 13.4 Å². The number of carbonyl (C=O) groups excluding carboxylic acids is 1. The van der Waals surface area contributed by atoms with Crippen LogP contribution in [-0.2, 0) is 6.42 Å². The Bertz CT molecular complexity index is 731. The number of fused-ring (bicyclic) bond motifs is 4. The molecule has 22 heavy (non-hydrogen) atoms. The van der Waals surface area contributed by atoms with Crippen molar-refractivity contribution in [2.45, 2.75) is 31.3 Å². The Kier molecular flexibility index (Phi) is 3.06. The third-order valence-corrected chi connectivity index (χ3v) is 4.69. The molecule has 4 rings (SSSR count). The third kappa shape index (κ3) is 1.89. The molecule has 1 fully saturated rings. The second kappa shape index (κ2) is 5.09. The zero-order chi connectivity index (χ0) is 15.1. The van der Waals surface area contributed by atoms with Gasteiger partial charge in [-0.25, -0.2) is 9.97 Å². The van der Waals surface area contributed by atoms with Crippen LogP contribution in [0, 0.1) is 0 Å². The van der Waals surface area contributed by atoms with Crippen LogP contribution in [0.25, 0.3) is 0 Å². The number of rotatable bonds is 2. The van der Waals surface area contributed by atoms with Gasteiger partial charge >= 0.3 is 0 Å². The number of nitrogens with zero attached hydrogens (tertiary/aromatic N) is 3. The minimum absolute atomic E-state index is 0.0412. The molecule has 3 heterocycles. The van der Waals surface area contributed by atoms with Gasteiger partial charge in [-0.3, -0.25) is 4.79 Å². The number of hydrogen-bond donors (Lipinski definition) is 0. The Hall–Kier alpha value is -2.43. The highest BCUT2D eigenvalue weighted by atomic mass is 16.5. The first-order valence-electron chi connectivity index (χ1n) is 7.54. The predicted molar refractivity (Wildman–Crippen MR) is 80.7 cm³/mol. The number of hydrogen-bond acceptors (Lipinski definition) is 4. The van der Waals surface area contributed by atoms with Crippen molar-refractivity contribution in [3.05, 3.63) is 53.6 Å². The van der Waals surface area contributed by atoms with E-state index in [0.717, 1.165) is 30.5 Å². The summed E-state index contributed by atoms with van der Waals surface area (Å²) in [6.07, 6.45) is 6.26. The fourth-order valence-electron chi connectivity index (χ4n) is 3.69. The summed E-state index contributed by atoms with van der Waals surface area (Å²) in [6.45, 7) is 0. The third-order valence-electron chi connectivity index (χ3n) is 4.69. The van der Waals surface area contributed by atoms with Crippen LogP contribution >= 0.6 is 0 Å². The van der Waals surface area contributed by atoms with Crippen LogP contribution in [0.2, 0.25) is 0 Å². The fraction of sp³-hybridized carbons (Fsp3) is 0.353. The molecule has 2 aliphatic heterocycles. The Balaban J connectivity index is 1.74. The van der Waals surface area contributed by atoms with E-state index in [9.17, 15) is 4.79 Å². The van der Waals surface area contributed by atoms with Crippen molar-refractivity contribution in [1.29, 1.82) is 0 Å². The molecular weight excluding hydrogens is 278 g/mol. The normalized spacial score (nSPS) is 22.3. The number of amides is 1. The first-order valence-corrected chi connectivity index (χ1v) is 7.54. The molecule has 2 aliphatic rings. The summed E-state index contributed by atoms with van der Waals surface area (Å²) in [4.78, 5) is 23.6. The summed E-state index contributed by atoms with van der Waals surface area (Å²) in [7, 11) is 1.60. The topological polar surface area (TPSA) is 55.3 Å². The van der Waals surface area contributed by atoms with Crippen LogP contribution in [-0.4, -0.2) is 33.9 Å². The largest absolute Gasteiger partial charge is 0.496 e. The van der Waals surface area contributed by atoms with Crippen molar-refractivity contribution < 1.29 is 9.53 Å². The van der Waals surface area contributed by atoms with E-state index in [-0.39, 0.29) is 18.0 Å². The van der Waals surface area contributed by atoms with Gasteiger partial charge in [0.1, 0.15) is 12.1 Å². The van der Waals surface area contributed by atoms with Crippen LogP contribution in [0.15, 0.2) is 36.8 Å². The first kappa shape index (κ1) is 13.2. The molecule has 0 unspecified atom stereocenters. The second-order valence-corrected chi connectivity index (χ2v) is 5.79. The summed E-state index contributed by atoms with van der Waals surface area (Å²) in [6, 6.07) is 7.73. The zero-order valence-corrected chi connectivity index (χ0v) is 12.4. The van der Waals surface area contributed by atoms with E-state index in [0.29, 0.717) is 11.3 Å². The van der Waals surface area contributed by atoms with Crippen LogP contribution < -0.4 is 4.74 Å². The lowest BCUT2D eigenvalue weighted by molar-refractivity contribution is 0.0640. The maximum Gasteiger partial charge on any atom is 0.258 e. The molecule has 1 saturated heterocycles. The molecule has 0 aliphatic carbocycles. The SMILES string of the molecule is COc1ccccc1C(=O)N1[C@H]2CC[C@H]1c1cncnc1C2. The first-order chi connectivity index (χ1) is 10.8. The second-order valence-electron chi connectivity index (χ2n) is 5.79. The predicted octanol–water partition coefficient (Wildman–Crippen LogP) is 2.39. The minimum atomic E-state index is 0.0412. The van der Waals surface area contributed by atoms with Crippen molar-refractivity contribution in [2.24, 2.45) is 0 Å². The van der Waals surface area contributed by atoms with Crippen molar-refractivity contribution in [3.8, 4) is 5.75 Å². The van der Waals surface area contributed by atoms with Crippen LogP contribution in [0.1, 0.15) is 40.5 Å². The highest BCUT2D eigenvalue weighted by molar-refractivity contribution is 5.97. The van der Waals surface area contributed by atoms with E-state index < -0.39 is 0 Å². The maximum absolute atomic E-state index is 13.1. The molecule has 0 spiro atoms. The molecule has 2 bridgehead atoms. The summed E-state index contributed by atoms with van der Waals surface area (Å²) in [5, 5.41) is 0. The van der Waals surface area contributed by atoms with Gasteiger partial charge in [-0.05, 0) is 25.0 Å². The maximum atomic E-state index is 13.1. The number of para-hydroxylation sites is 1. The van der Waals surface area contributed by atoms with Gasteiger partial charge in [0.15, 0.2) is 0 Å². The Morgan fingerprint density at radius 1 is 1.32 bits per heavy atom. The molecule has 5 heteroatoms. The summed E-state index contributed by atoms with van der Waals surface area (Å²) >= 11 is 0. The van der Waals surface area contributed by atoms with Gasteiger partial charge in [-0.15, -0.1) is 0 Å². The Morgan fingerprint density at radius 3 is 3.05 bits per heavy atom. The Morgan fingerprint density at radius 2 is 2.18 bits per heavy atom. The summed E-state index contributed by atoms with van der Waals surface area (Å²) in [5.74, 6) is 0.668. The van der Waals surface area contributed by atoms with E-state index in [2.05, 4.69) is 9.97 Å². The van der Waals surface area contributed by atoms with E-state index >= 15 is 0 Å². The van der Waals surface area contributed by atoms with Crippen molar-refractivity contribution >= 4 is 5.91 Å². The number of ether oxygens (including phenoxy) is 1. The highest BCUT2D eigenvalue weighted by Gasteiger charge is 2.43. The molecular formula is C17H17N3O2. The monoisotopic (exact) mass is 295 g/mol. The smallest absolute Gasteiger partial charge is 0.258 e. The van der Waals surface area contributed by atoms with Gasteiger partial charge in [0.05, 0.1) is 24.4 Å². The molecule has 1 aromatic carbocycles. The van der Waals surface area contributed by atoms with E-state index in [1.807, 2.05) is 35.4 Å². The standard InChI is InChI=1S/C17H17N3O2/c1-22-16-5-3-2-4-12(16)17(21)20-11-6-7-15(20)13-9-18-10-19-14(13)8-11/h2-5,9-11,15H,6-8H2,1H3/t11-,15-/m0/s1. The molecule has 1 amide bonds. The van der Waals surface area contributed by atoms with Crippen LogP contribution in [0.3, 0.4) is 0 Å². The summed E-state index contributed by atoms with van der Waals surface area (Å²) in [5.41, 5.74) is 2.81. The lowest BCUT2D eigenvalue weighted by atomic mass is 9.98. The van der Waals surface area contributed by atoms with Gasteiger partial charge in [-0.2, -0.15) is 0 Å². The van der Waals surface area contributed by atoms with Gasteiger partial charge in [-0.1, -0.05) is 12.1 Å². The molecule has 112 valence electrons. The van der Waals surface area contributed by atoms with Gasteiger partial charge in [0.25, 0.3) is 5.91 Å². The molecule has 0 radical (unpaired) electrons. The molecule has 0 saturated carbocycles. The van der Waals surface area contributed by atoms with E-state index in [4.69, 9.17) is 4.74 Å². The van der Waals surface area contributed by atoms with Gasteiger partial charge < -0.3 is 9.64 Å². The minimum Gasteiger partial charge on any atom is -0.496 e. The lowest BCUT2D eigenvalue weighted by Crippen LogP contribution is -2.42. The highest BCUT2D eigenvalue weighted by Crippen LogP contribution is 2.43. The number of aromatic nitrogens is 2. The van der Waals surface area contributed by atoms with Crippen molar-refractivity contribution in [1.82, 2.24) is 14.9 Å². The molecule has 0 N–H and O–H groups in total. The fourth-order valence-corrected chi connectivity index (χ4v) is 3.69. The van der Waals surface area contributed by atoms with Gasteiger partial charge in [0.2, 0.25) is 0 Å². The quantitative estimate of drug-likeness (QED) is 0.853. The average Bonchev–Trinajstić information content (AvgIpc) is 2.89. The number of carbonyl (C=O) groups is 1. The van der Waals surface area contributed by atoms with Crippen molar-refractivity contribution in [3.63, 3.8) is 0 Å². The molecule has 1 aromatic heterocycles. The number of benzene rings is 1. The average molecular weight is 295 g/mol. The molecule has 5 nitrogen and oxygen atoms in total. The Labute approximate surface area is 129 Å². The van der Waals surface area contributed by atoms with E-state index in [1.165, 1.54) is 0 Å². The van der Waals surface area contributed by atoms with Crippen LogP contribution in [0.5, 0.6) is 5.75 Å². The molecule has 2 aromatic rings. The zero-order valence-electron chi connectivity index (χ0n) is 12.4. The van der Waals surface area contributed by atoms with Crippen molar-refractivity contribution in [2.75, 3.05) is 7.11 Å². The number of methoxy groups -OCH3 is 1. The molecule has 2 atom stereocenters. The summed E-state index contributed by atoms with van der Waals surface area (Å²) < 4.78 is 5.35. The lowest BCUT2D eigenvalue weighted by Gasteiger charge is -2.35. The van der Waals surface area contributed by atoms with Gasteiger partial charge in [0, 0.05) is 24.2 Å².